The summed E-state index contributed by atoms with van der Waals surface area (Å²) in [6.07, 6.45) is 0. The number of rotatable bonds is 1. The molecule has 0 atom stereocenters. The third-order valence-electron chi connectivity index (χ3n) is 0.0991. The maximum atomic E-state index is 9.11. The van der Waals surface area contributed by atoms with Crippen molar-refractivity contribution < 1.29 is 0 Å². The molecule has 0 aromatic heterocycles. The van der Waals surface area contributed by atoms with Crippen LogP contribution in [0.4, 0.5) is 0 Å². The van der Waals surface area contributed by atoms with Crippen LogP contribution in [0.1, 0.15) is 0 Å². The Morgan fingerprint density at radius 1 is 2.00 bits per heavy atom. The van der Waals surface area contributed by atoms with Crippen LogP contribution in [0, 0.1) is 4.91 Å². The molecule has 0 aromatic carbocycles. The Kier molecular flexibility index (Phi) is 2.01. The van der Waals surface area contributed by atoms with Crippen molar-refractivity contribution in [1.29, 1.82) is 0 Å². The Morgan fingerprint density at radius 3 is 2.20 bits per heavy atom. The van der Waals surface area contributed by atoms with Crippen molar-refractivity contribution in [2.24, 2.45) is 5.18 Å². The fraction of sp³-hybridized carbons (Fsp3) is 0. The van der Waals surface area contributed by atoms with E-state index in [2.05, 4.69) is 27.7 Å². The predicted octanol–water partition coefficient (Wildman–Crippen LogP) is 1.62. The molecule has 0 saturated carbocycles. The molecule has 0 fully saturated rings. The van der Waals surface area contributed by atoms with Gasteiger partial charge in [-0.3, -0.25) is 0 Å². The Morgan fingerprint density at radius 2 is 2.20 bits per heavy atom. The quantitative estimate of drug-likeness (QED) is 0.397. The summed E-state index contributed by atoms with van der Waals surface area (Å²) in [5, 5.41) is 2.36. The monoisotopic (exact) mass is 135 g/mol. The van der Waals surface area contributed by atoms with Crippen LogP contribution in [0.5, 0.6) is 0 Å². The highest BCUT2D eigenvalue weighted by Crippen LogP contribution is 1.97. The van der Waals surface area contributed by atoms with E-state index in [0.717, 1.165) is 0 Å². The average molecular weight is 136 g/mol. The highest BCUT2D eigenvalue weighted by atomic mass is 79.9. The summed E-state index contributed by atoms with van der Waals surface area (Å²) in [5.74, 6) is 0. The van der Waals surface area contributed by atoms with Crippen LogP contribution in [0.15, 0.2) is 16.4 Å². The molecule has 5 heavy (non-hydrogen) atoms. The molecule has 2 nitrogen and oxygen atoms in total. The molecule has 3 heteroatoms. The lowest BCUT2D eigenvalue weighted by Crippen LogP contribution is -1.41. The highest BCUT2D eigenvalue weighted by molar-refractivity contribution is 9.11. The zero-order valence-electron chi connectivity index (χ0n) is 2.44. The Balaban J connectivity index is 3.20. The number of nitroso groups, excluding NO2 is 1. The van der Waals surface area contributed by atoms with Gasteiger partial charge >= 0.3 is 0 Å². The first-order chi connectivity index (χ1) is 2.27. The second kappa shape index (κ2) is 2.08. The van der Waals surface area contributed by atoms with Crippen LogP contribution in [-0.2, 0) is 0 Å². The van der Waals surface area contributed by atoms with E-state index in [1.54, 1.807) is 0 Å². The largest absolute Gasteiger partial charge is 0.144 e. The van der Waals surface area contributed by atoms with E-state index < -0.39 is 0 Å². The van der Waals surface area contributed by atoms with Crippen molar-refractivity contribution in [3.63, 3.8) is 0 Å². The third-order valence-corrected chi connectivity index (χ3v) is 0.244. The van der Waals surface area contributed by atoms with Gasteiger partial charge in [-0.25, -0.2) is 0 Å². The maximum absolute atomic E-state index is 9.11. The first-order valence-electron chi connectivity index (χ1n) is 0.949. The number of hydrogen-bond acceptors (Lipinski definition) is 2. The van der Waals surface area contributed by atoms with Gasteiger partial charge in [-0.1, -0.05) is 6.58 Å². The Labute approximate surface area is 38.0 Å². The van der Waals surface area contributed by atoms with Gasteiger partial charge in [-0.05, 0) is 21.1 Å². The van der Waals surface area contributed by atoms with E-state index in [0.29, 0.717) is 0 Å². The fourth-order valence-electron chi connectivity index (χ4n) is 0. The van der Waals surface area contributed by atoms with E-state index in [9.17, 15) is 0 Å². The van der Waals surface area contributed by atoms with Crippen LogP contribution in [-0.4, -0.2) is 0 Å². The smallest absolute Gasteiger partial charge is 0.143 e. The van der Waals surface area contributed by atoms with Gasteiger partial charge in [0.15, 0.2) is 0 Å². The normalized spacial score (nSPS) is 6.60. The van der Waals surface area contributed by atoms with E-state index in [4.69, 9.17) is 4.91 Å². The number of halogens is 1. The molecule has 28 valence electrons. The molecule has 0 aromatic rings. The minimum absolute atomic E-state index is 0.137. The molecule has 0 aliphatic rings. The van der Waals surface area contributed by atoms with Gasteiger partial charge in [0, 0.05) is 0 Å². The molecule has 0 aliphatic carbocycles. The maximum Gasteiger partial charge on any atom is 0.143 e. The molecular formula is C2H2BrNO. The first kappa shape index (κ1) is 4.82. The molecule has 0 heterocycles. The van der Waals surface area contributed by atoms with E-state index in [1.165, 1.54) is 0 Å². The third kappa shape index (κ3) is 3.82. The van der Waals surface area contributed by atoms with E-state index >= 15 is 0 Å². The Bertz CT molecular complexity index is 60.7. The molecule has 0 unspecified atom stereocenters. The molecule has 0 spiro atoms. The van der Waals surface area contributed by atoms with Crippen molar-refractivity contribution in [3.05, 3.63) is 16.1 Å². The summed E-state index contributed by atoms with van der Waals surface area (Å²) in [5.41, 5.74) is 0. The molecule has 0 aliphatic heterocycles. The predicted molar refractivity (Wildman–Crippen MR) is 23.9 cm³/mol. The summed E-state index contributed by atoms with van der Waals surface area (Å²) < 4.78 is 0.137. The number of hydrogen-bond donors (Lipinski definition) is 0. The lowest BCUT2D eigenvalue weighted by atomic mass is 11.1. The summed E-state index contributed by atoms with van der Waals surface area (Å²) in [4.78, 5) is 9.11. The molecule has 0 radical (unpaired) electrons. The molecule has 0 N–H and O–H groups in total. The van der Waals surface area contributed by atoms with E-state index in [-0.39, 0.29) is 4.61 Å². The van der Waals surface area contributed by atoms with Crippen LogP contribution in [0.3, 0.4) is 0 Å². The van der Waals surface area contributed by atoms with Gasteiger partial charge in [-0.2, -0.15) is 0 Å². The highest BCUT2D eigenvalue weighted by Gasteiger charge is 1.70. The van der Waals surface area contributed by atoms with Gasteiger partial charge in [0.2, 0.25) is 0 Å². The van der Waals surface area contributed by atoms with Gasteiger partial charge < -0.3 is 0 Å². The second-order valence-corrected chi connectivity index (χ2v) is 1.38. The van der Waals surface area contributed by atoms with Gasteiger partial charge in [0.25, 0.3) is 0 Å². The van der Waals surface area contributed by atoms with Crippen LogP contribution in [0.2, 0.25) is 0 Å². The summed E-state index contributed by atoms with van der Waals surface area (Å²) in [7, 11) is 0. The minimum atomic E-state index is 0.137. The molecule has 0 saturated heterocycles. The van der Waals surface area contributed by atoms with Gasteiger partial charge in [-0.15, -0.1) is 4.91 Å². The summed E-state index contributed by atoms with van der Waals surface area (Å²) in [6, 6.07) is 0. The molecule has 0 bridgehead atoms. The van der Waals surface area contributed by atoms with Crippen molar-refractivity contribution in [3.8, 4) is 0 Å². The average Bonchev–Trinajstić information content (AvgIpc) is 1.38. The topological polar surface area (TPSA) is 29.4 Å². The van der Waals surface area contributed by atoms with Crippen molar-refractivity contribution in [2.45, 2.75) is 0 Å². The summed E-state index contributed by atoms with van der Waals surface area (Å²) >= 11 is 2.70. The zero-order valence-corrected chi connectivity index (χ0v) is 4.03. The first-order valence-corrected chi connectivity index (χ1v) is 1.74. The van der Waals surface area contributed by atoms with Crippen LogP contribution in [0.25, 0.3) is 0 Å². The molecule has 0 rings (SSSR count). The van der Waals surface area contributed by atoms with Crippen molar-refractivity contribution >= 4 is 15.9 Å². The van der Waals surface area contributed by atoms with E-state index in [1.807, 2.05) is 0 Å². The molecular weight excluding hydrogens is 134 g/mol. The Hall–Kier alpha value is -0.180. The van der Waals surface area contributed by atoms with Crippen LogP contribution < -0.4 is 0 Å². The second-order valence-electron chi connectivity index (χ2n) is 0.468. The zero-order chi connectivity index (χ0) is 4.28. The summed E-state index contributed by atoms with van der Waals surface area (Å²) in [6.45, 7) is 3.11. The lowest BCUT2D eigenvalue weighted by Gasteiger charge is -1.61. The van der Waals surface area contributed by atoms with Crippen molar-refractivity contribution in [1.82, 2.24) is 0 Å². The standard InChI is InChI=1S/C2H2BrNO/c1-2(3)4-5/h1H2. The SMILES string of the molecule is C=C(Br)N=O. The van der Waals surface area contributed by atoms with Crippen LogP contribution >= 0.6 is 15.9 Å². The van der Waals surface area contributed by atoms with Gasteiger partial charge in [0.05, 0.1) is 0 Å². The number of nitrogens with zero attached hydrogens (tertiary/aromatic N) is 1. The minimum Gasteiger partial charge on any atom is -0.144 e. The van der Waals surface area contributed by atoms with Gasteiger partial charge in [0.1, 0.15) is 4.61 Å². The molecule has 0 amide bonds. The van der Waals surface area contributed by atoms with Crippen molar-refractivity contribution in [2.75, 3.05) is 0 Å². The fourth-order valence-corrected chi connectivity index (χ4v) is 0. The lowest BCUT2D eigenvalue weighted by molar-refractivity contribution is 1.53.